The first kappa shape index (κ1) is 15.0. The van der Waals surface area contributed by atoms with Gasteiger partial charge in [-0.05, 0) is 64.7 Å². The second kappa shape index (κ2) is 7.37. The number of hydrogen-bond acceptors (Lipinski definition) is 3. The Labute approximate surface area is 126 Å². The van der Waals surface area contributed by atoms with Gasteiger partial charge in [0.25, 0.3) is 0 Å². The molecule has 3 aliphatic rings. The molecule has 0 aromatic heterocycles. The van der Waals surface area contributed by atoms with Gasteiger partial charge in [0.05, 0.1) is 0 Å². The summed E-state index contributed by atoms with van der Waals surface area (Å²) in [6.45, 7) is 7.16. The topological polar surface area (TPSA) is 23.6 Å². The fourth-order valence-corrected chi connectivity index (χ4v) is 6.06. The predicted octanol–water partition coefficient (Wildman–Crippen LogP) is 2.24. The maximum Gasteiger partial charge on any atom is 0.0478 e. The Morgan fingerprint density at radius 3 is 1.50 bits per heavy atom. The molecule has 0 bridgehead atoms. The van der Waals surface area contributed by atoms with Crippen LogP contribution in [0.1, 0.15) is 51.4 Å². The van der Waals surface area contributed by atoms with Gasteiger partial charge in [0.1, 0.15) is 0 Å². The largest absolute Gasteiger partial charge is 0.302 e. The lowest BCUT2D eigenvalue weighted by molar-refractivity contribution is 0.225. The van der Waals surface area contributed by atoms with Gasteiger partial charge in [-0.3, -0.25) is 4.21 Å². The highest BCUT2D eigenvalue weighted by atomic mass is 32.2. The highest BCUT2D eigenvalue weighted by Crippen LogP contribution is 2.27. The molecular weight excluding hydrogens is 268 g/mol. The number of nitrogens with zero attached hydrogens (tertiary/aromatic N) is 2. The van der Waals surface area contributed by atoms with Crippen molar-refractivity contribution in [1.82, 2.24) is 9.80 Å². The zero-order valence-electron chi connectivity index (χ0n) is 12.8. The minimum atomic E-state index is -0.585. The predicted molar refractivity (Wildman–Crippen MR) is 85.5 cm³/mol. The zero-order chi connectivity index (χ0) is 13.8. The summed E-state index contributed by atoms with van der Waals surface area (Å²) >= 11 is 0. The minimum absolute atomic E-state index is 0.461. The zero-order valence-corrected chi connectivity index (χ0v) is 13.6. The second-order valence-corrected chi connectivity index (χ2v) is 8.86. The highest BCUT2D eigenvalue weighted by molar-refractivity contribution is 7.86. The smallest absolute Gasteiger partial charge is 0.0478 e. The molecule has 116 valence electrons. The first-order valence-corrected chi connectivity index (χ1v) is 9.94. The molecule has 3 saturated heterocycles. The Hall–Kier alpha value is 0.0700. The maximum atomic E-state index is 12.7. The molecule has 0 amide bonds. The van der Waals surface area contributed by atoms with Crippen molar-refractivity contribution >= 4 is 10.8 Å². The van der Waals surface area contributed by atoms with Crippen LogP contribution in [0.25, 0.3) is 0 Å². The van der Waals surface area contributed by atoms with E-state index in [0.717, 1.165) is 13.1 Å². The summed E-state index contributed by atoms with van der Waals surface area (Å²) in [5, 5.41) is 0.922. The van der Waals surface area contributed by atoms with Crippen molar-refractivity contribution < 1.29 is 4.21 Å². The van der Waals surface area contributed by atoms with Gasteiger partial charge < -0.3 is 9.80 Å². The standard InChI is InChI=1S/C16H30N2OS/c19-20-15(13-17-9-3-1-4-10-17)7-8-16(20)14-18-11-5-2-6-12-18/h15-16H,1-14H2. The van der Waals surface area contributed by atoms with Crippen molar-refractivity contribution in [2.24, 2.45) is 0 Å². The lowest BCUT2D eigenvalue weighted by Gasteiger charge is -2.30. The summed E-state index contributed by atoms with van der Waals surface area (Å²) in [4.78, 5) is 5.13. The van der Waals surface area contributed by atoms with Gasteiger partial charge in [0.15, 0.2) is 0 Å². The van der Waals surface area contributed by atoms with Crippen LogP contribution in [0, 0.1) is 0 Å². The number of hydrogen-bond donors (Lipinski definition) is 0. The van der Waals surface area contributed by atoms with Crippen LogP contribution in [0.2, 0.25) is 0 Å². The monoisotopic (exact) mass is 298 g/mol. The summed E-state index contributed by atoms with van der Waals surface area (Å²) in [6, 6.07) is 0. The third-order valence-corrected chi connectivity index (χ3v) is 7.37. The van der Waals surface area contributed by atoms with Crippen LogP contribution in [-0.2, 0) is 10.8 Å². The number of piperidine rings is 2. The van der Waals surface area contributed by atoms with E-state index in [9.17, 15) is 4.21 Å². The van der Waals surface area contributed by atoms with Crippen molar-refractivity contribution in [2.75, 3.05) is 39.3 Å². The lowest BCUT2D eigenvalue weighted by Crippen LogP contribution is -2.40. The number of rotatable bonds is 4. The Morgan fingerprint density at radius 2 is 1.10 bits per heavy atom. The molecule has 0 N–H and O–H groups in total. The molecule has 0 saturated carbocycles. The first-order valence-electron chi connectivity index (χ1n) is 8.67. The molecular formula is C16H30N2OS. The average Bonchev–Trinajstić information content (AvgIpc) is 2.83. The van der Waals surface area contributed by atoms with Crippen molar-refractivity contribution in [3.8, 4) is 0 Å². The molecule has 4 heteroatoms. The van der Waals surface area contributed by atoms with E-state index in [1.807, 2.05) is 0 Å². The second-order valence-electron chi connectivity index (χ2n) is 6.87. The fourth-order valence-electron chi connectivity index (χ4n) is 4.07. The van der Waals surface area contributed by atoms with E-state index in [0.29, 0.717) is 10.5 Å². The molecule has 2 unspecified atom stereocenters. The van der Waals surface area contributed by atoms with Crippen molar-refractivity contribution in [3.05, 3.63) is 0 Å². The van der Waals surface area contributed by atoms with Crippen LogP contribution in [0.3, 0.4) is 0 Å². The molecule has 3 rings (SSSR count). The van der Waals surface area contributed by atoms with Crippen LogP contribution in [0.5, 0.6) is 0 Å². The Balaban J connectivity index is 1.46. The quantitative estimate of drug-likeness (QED) is 0.795. The molecule has 2 atom stereocenters. The van der Waals surface area contributed by atoms with Crippen molar-refractivity contribution in [3.63, 3.8) is 0 Å². The Bertz CT molecular complexity index is 294. The molecule has 0 aromatic rings. The molecule has 20 heavy (non-hydrogen) atoms. The molecule has 0 radical (unpaired) electrons. The molecule has 3 fully saturated rings. The van der Waals surface area contributed by atoms with E-state index in [2.05, 4.69) is 9.80 Å². The summed E-state index contributed by atoms with van der Waals surface area (Å²) in [6.07, 6.45) is 10.5. The SMILES string of the molecule is O=S1C(CN2CCCCC2)CCC1CN1CCCCC1. The van der Waals surface area contributed by atoms with Gasteiger partial charge in [-0.15, -0.1) is 0 Å². The van der Waals surface area contributed by atoms with Gasteiger partial charge in [-0.1, -0.05) is 12.8 Å². The van der Waals surface area contributed by atoms with E-state index < -0.39 is 10.8 Å². The highest BCUT2D eigenvalue weighted by Gasteiger charge is 2.35. The third-order valence-electron chi connectivity index (χ3n) is 5.29. The van der Waals surface area contributed by atoms with Gasteiger partial charge in [0.2, 0.25) is 0 Å². The Kier molecular flexibility index (Phi) is 5.52. The van der Waals surface area contributed by atoms with Crippen LogP contribution in [0.4, 0.5) is 0 Å². The normalized spacial score (nSPS) is 37.3. The van der Waals surface area contributed by atoms with Gasteiger partial charge >= 0.3 is 0 Å². The fraction of sp³-hybridized carbons (Fsp3) is 1.00. The van der Waals surface area contributed by atoms with Crippen LogP contribution < -0.4 is 0 Å². The molecule has 3 nitrogen and oxygen atoms in total. The van der Waals surface area contributed by atoms with Gasteiger partial charge in [-0.2, -0.15) is 0 Å². The minimum Gasteiger partial charge on any atom is -0.302 e. The van der Waals surface area contributed by atoms with E-state index in [-0.39, 0.29) is 0 Å². The van der Waals surface area contributed by atoms with E-state index in [4.69, 9.17) is 0 Å². The van der Waals surface area contributed by atoms with Crippen LogP contribution in [-0.4, -0.2) is 63.8 Å². The lowest BCUT2D eigenvalue weighted by atomic mass is 10.1. The van der Waals surface area contributed by atoms with E-state index in [1.54, 1.807) is 0 Å². The summed E-state index contributed by atoms with van der Waals surface area (Å²) in [5.74, 6) is 0. The molecule has 0 aromatic carbocycles. The third kappa shape index (κ3) is 3.83. The van der Waals surface area contributed by atoms with Crippen LogP contribution in [0.15, 0.2) is 0 Å². The van der Waals surface area contributed by atoms with Gasteiger partial charge in [0, 0.05) is 34.4 Å². The molecule has 3 aliphatic heterocycles. The average molecular weight is 298 g/mol. The van der Waals surface area contributed by atoms with Crippen molar-refractivity contribution in [1.29, 1.82) is 0 Å². The van der Waals surface area contributed by atoms with Gasteiger partial charge in [-0.25, -0.2) is 0 Å². The number of likely N-dealkylation sites (tertiary alicyclic amines) is 2. The Morgan fingerprint density at radius 1 is 0.700 bits per heavy atom. The molecule has 0 spiro atoms. The maximum absolute atomic E-state index is 12.7. The first-order chi connectivity index (χ1) is 9.83. The van der Waals surface area contributed by atoms with Crippen molar-refractivity contribution in [2.45, 2.75) is 61.9 Å². The molecule has 3 heterocycles. The van der Waals surface area contributed by atoms with Crippen LogP contribution >= 0.6 is 0 Å². The molecule has 0 aliphatic carbocycles. The summed E-state index contributed by atoms with van der Waals surface area (Å²) in [5.41, 5.74) is 0. The van der Waals surface area contributed by atoms with E-state index >= 15 is 0 Å². The van der Waals surface area contributed by atoms with E-state index in [1.165, 1.54) is 77.5 Å². The summed E-state index contributed by atoms with van der Waals surface area (Å²) in [7, 11) is -0.585. The summed E-state index contributed by atoms with van der Waals surface area (Å²) < 4.78 is 12.7.